The van der Waals surface area contributed by atoms with Gasteiger partial charge in [0.05, 0.1) is 6.04 Å². The number of carbonyl (C=O) groups is 1. The smallest absolute Gasteiger partial charge is 0.241 e. The maximum Gasteiger partial charge on any atom is 0.241 e. The summed E-state index contributed by atoms with van der Waals surface area (Å²) >= 11 is 5.74. The number of aromatic hydroxyl groups is 1. The fourth-order valence-electron chi connectivity index (χ4n) is 1.69. The van der Waals surface area contributed by atoms with E-state index in [1.165, 1.54) is 6.20 Å². The first kappa shape index (κ1) is 14.3. The van der Waals surface area contributed by atoms with Gasteiger partial charge in [-0.3, -0.25) is 4.79 Å². The number of nitrogens with two attached hydrogens (primary N) is 1. The minimum absolute atomic E-state index is 0.179. The van der Waals surface area contributed by atoms with Gasteiger partial charge in [0.15, 0.2) is 0 Å². The molecule has 1 aromatic carbocycles. The van der Waals surface area contributed by atoms with Crippen molar-refractivity contribution in [3.8, 4) is 5.75 Å². The Hall–Kier alpha value is -2.11. The molecule has 1 aromatic heterocycles. The molecule has 0 saturated carbocycles. The molecule has 1 heterocycles. The number of hydrogen-bond donors (Lipinski definition) is 3. The van der Waals surface area contributed by atoms with Gasteiger partial charge in [0.1, 0.15) is 10.9 Å². The molecule has 0 aliphatic rings. The van der Waals surface area contributed by atoms with Gasteiger partial charge in [-0.25, -0.2) is 4.98 Å². The molecule has 0 fully saturated rings. The zero-order chi connectivity index (χ0) is 14.5. The number of pyridine rings is 1. The van der Waals surface area contributed by atoms with Crippen LogP contribution in [-0.2, 0) is 11.2 Å². The van der Waals surface area contributed by atoms with E-state index in [-0.39, 0.29) is 11.7 Å². The summed E-state index contributed by atoms with van der Waals surface area (Å²) in [5.41, 5.74) is 7.28. The quantitative estimate of drug-likeness (QED) is 0.751. The Balaban J connectivity index is 1.96. The van der Waals surface area contributed by atoms with Crippen LogP contribution in [0.3, 0.4) is 0 Å². The number of rotatable bonds is 4. The molecule has 1 atom stereocenters. The van der Waals surface area contributed by atoms with Crippen LogP contribution in [0.2, 0.25) is 5.15 Å². The summed E-state index contributed by atoms with van der Waals surface area (Å²) in [4.78, 5) is 15.8. The van der Waals surface area contributed by atoms with E-state index in [1.807, 2.05) is 0 Å². The van der Waals surface area contributed by atoms with Gasteiger partial charge in [-0.1, -0.05) is 23.7 Å². The van der Waals surface area contributed by atoms with Gasteiger partial charge < -0.3 is 16.2 Å². The van der Waals surface area contributed by atoms with Crippen molar-refractivity contribution < 1.29 is 9.90 Å². The average molecular weight is 292 g/mol. The van der Waals surface area contributed by atoms with E-state index in [0.29, 0.717) is 17.3 Å². The van der Waals surface area contributed by atoms with Crippen LogP contribution in [-0.4, -0.2) is 22.0 Å². The zero-order valence-corrected chi connectivity index (χ0v) is 11.3. The van der Waals surface area contributed by atoms with E-state index >= 15 is 0 Å². The highest BCUT2D eigenvalue weighted by atomic mass is 35.5. The maximum atomic E-state index is 11.9. The van der Waals surface area contributed by atoms with E-state index in [4.69, 9.17) is 17.3 Å². The van der Waals surface area contributed by atoms with Gasteiger partial charge in [-0.05, 0) is 36.2 Å². The molecule has 5 nitrogen and oxygen atoms in total. The number of nitrogens with one attached hydrogen (secondary N) is 1. The highest BCUT2D eigenvalue weighted by Gasteiger charge is 2.14. The predicted octanol–water partition coefficient (Wildman–Crippen LogP) is 1.95. The van der Waals surface area contributed by atoms with Crippen LogP contribution in [0.25, 0.3) is 0 Å². The molecule has 20 heavy (non-hydrogen) atoms. The van der Waals surface area contributed by atoms with Gasteiger partial charge in [0, 0.05) is 11.9 Å². The molecule has 1 amide bonds. The number of amides is 1. The predicted molar refractivity (Wildman–Crippen MR) is 77.7 cm³/mol. The summed E-state index contributed by atoms with van der Waals surface area (Å²) < 4.78 is 0. The van der Waals surface area contributed by atoms with Crippen LogP contribution in [0.15, 0.2) is 42.6 Å². The molecular formula is C14H14ClN3O2. The van der Waals surface area contributed by atoms with Crippen molar-refractivity contribution in [1.82, 2.24) is 4.98 Å². The Morgan fingerprint density at radius 1 is 1.35 bits per heavy atom. The Labute approximate surface area is 121 Å². The van der Waals surface area contributed by atoms with Gasteiger partial charge in [-0.2, -0.15) is 0 Å². The number of carbonyl (C=O) groups excluding carboxylic acids is 1. The largest absolute Gasteiger partial charge is 0.508 e. The van der Waals surface area contributed by atoms with Crippen molar-refractivity contribution in [1.29, 1.82) is 0 Å². The second kappa shape index (κ2) is 6.36. The standard InChI is InChI=1S/C14H14ClN3O2/c15-13-8-10(5-6-17-13)18-14(20)12(16)7-9-1-3-11(19)4-2-9/h1-6,8,12,19H,7,16H2,(H,17,18,20)/t12-/m1/s1. The van der Waals surface area contributed by atoms with E-state index in [0.717, 1.165) is 5.56 Å². The van der Waals surface area contributed by atoms with E-state index in [1.54, 1.807) is 36.4 Å². The number of nitrogens with zero attached hydrogens (tertiary/aromatic N) is 1. The molecule has 6 heteroatoms. The van der Waals surface area contributed by atoms with E-state index in [2.05, 4.69) is 10.3 Å². The molecule has 0 aliphatic heterocycles. The third kappa shape index (κ3) is 3.94. The molecule has 104 valence electrons. The summed E-state index contributed by atoms with van der Waals surface area (Å²) in [6, 6.07) is 9.07. The fraction of sp³-hybridized carbons (Fsp3) is 0.143. The number of benzene rings is 1. The van der Waals surface area contributed by atoms with Gasteiger partial charge in [-0.15, -0.1) is 0 Å². The second-order valence-electron chi connectivity index (χ2n) is 4.33. The van der Waals surface area contributed by atoms with Crippen molar-refractivity contribution in [2.45, 2.75) is 12.5 Å². The van der Waals surface area contributed by atoms with Crippen LogP contribution >= 0.6 is 11.6 Å². The minimum atomic E-state index is -0.688. The van der Waals surface area contributed by atoms with Crippen molar-refractivity contribution >= 4 is 23.2 Å². The Morgan fingerprint density at radius 3 is 2.70 bits per heavy atom. The van der Waals surface area contributed by atoms with E-state index in [9.17, 15) is 9.90 Å². The van der Waals surface area contributed by atoms with Crippen LogP contribution in [0, 0.1) is 0 Å². The first-order valence-corrected chi connectivity index (χ1v) is 6.38. The van der Waals surface area contributed by atoms with Crippen molar-refractivity contribution in [3.05, 3.63) is 53.3 Å². The molecule has 0 aliphatic carbocycles. The number of aromatic nitrogens is 1. The lowest BCUT2D eigenvalue weighted by Gasteiger charge is -2.12. The fourth-order valence-corrected chi connectivity index (χ4v) is 1.87. The third-order valence-corrected chi connectivity index (χ3v) is 2.93. The van der Waals surface area contributed by atoms with Gasteiger partial charge in [0.2, 0.25) is 5.91 Å². The molecule has 0 saturated heterocycles. The second-order valence-corrected chi connectivity index (χ2v) is 4.72. The minimum Gasteiger partial charge on any atom is -0.508 e. The topological polar surface area (TPSA) is 88.2 Å². The maximum absolute atomic E-state index is 11.9. The van der Waals surface area contributed by atoms with Gasteiger partial charge >= 0.3 is 0 Å². The van der Waals surface area contributed by atoms with Crippen molar-refractivity contribution in [2.24, 2.45) is 5.73 Å². The number of halogens is 1. The summed E-state index contributed by atoms with van der Waals surface area (Å²) in [6.07, 6.45) is 1.88. The molecule has 2 rings (SSSR count). The van der Waals surface area contributed by atoms with Crippen LogP contribution in [0.5, 0.6) is 5.75 Å². The molecule has 0 spiro atoms. The Kier molecular flexibility index (Phi) is 4.55. The van der Waals surface area contributed by atoms with E-state index < -0.39 is 6.04 Å². The highest BCUT2D eigenvalue weighted by molar-refractivity contribution is 6.29. The number of phenolic OH excluding ortho intramolecular Hbond substituents is 1. The van der Waals surface area contributed by atoms with Crippen molar-refractivity contribution in [2.75, 3.05) is 5.32 Å². The summed E-state index contributed by atoms with van der Waals surface area (Å²) in [7, 11) is 0. The third-order valence-electron chi connectivity index (χ3n) is 2.72. The molecule has 2 aromatic rings. The number of hydrogen-bond acceptors (Lipinski definition) is 4. The highest BCUT2D eigenvalue weighted by Crippen LogP contribution is 2.14. The van der Waals surface area contributed by atoms with Gasteiger partial charge in [0.25, 0.3) is 0 Å². The summed E-state index contributed by atoms with van der Waals surface area (Å²) in [5, 5.41) is 12.2. The molecule has 4 N–H and O–H groups in total. The zero-order valence-electron chi connectivity index (χ0n) is 10.6. The lowest BCUT2D eigenvalue weighted by Crippen LogP contribution is -2.37. The lowest BCUT2D eigenvalue weighted by molar-refractivity contribution is -0.117. The molecular weight excluding hydrogens is 278 g/mol. The monoisotopic (exact) mass is 291 g/mol. The lowest BCUT2D eigenvalue weighted by atomic mass is 10.1. The van der Waals surface area contributed by atoms with Crippen LogP contribution < -0.4 is 11.1 Å². The summed E-state index contributed by atoms with van der Waals surface area (Å²) in [6.45, 7) is 0. The normalized spacial score (nSPS) is 11.9. The van der Waals surface area contributed by atoms with Crippen LogP contribution in [0.4, 0.5) is 5.69 Å². The first-order chi connectivity index (χ1) is 9.54. The SMILES string of the molecule is N[C@H](Cc1ccc(O)cc1)C(=O)Nc1ccnc(Cl)c1. The average Bonchev–Trinajstić information content (AvgIpc) is 2.41. The molecule has 0 bridgehead atoms. The Morgan fingerprint density at radius 2 is 2.05 bits per heavy atom. The Bertz CT molecular complexity index is 602. The summed E-state index contributed by atoms with van der Waals surface area (Å²) in [5.74, 6) is -0.126. The molecule has 0 radical (unpaired) electrons. The van der Waals surface area contributed by atoms with Crippen molar-refractivity contribution in [3.63, 3.8) is 0 Å². The van der Waals surface area contributed by atoms with Crippen LogP contribution in [0.1, 0.15) is 5.56 Å². The molecule has 0 unspecified atom stereocenters. The number of anilines is 1. The number of phenols is 1. The first-order valence-electron chi connectivity index (χ1n) is 6.00.